The lowest BCUT2D eigenvalue weighted by atomic mass is 10.3. The molecule has 0 bridgehead atoms. The number of rotatable bonds is 4. The summed E-state index contributed by atoms with van der Waals surface area (Å²) < 4.78 is 41.2. The molecule has 2 nitrogen and oxygen atoms in total. The van der Waals surface area contributed by atoms with Gasteiger partial charge in [0.15, 0.2) is 0 Å². The summed E-state index contributed by atoms with van der Waals surface area (Å²) in [5, 5.41) is 0. The summed E-state index contributed by atoms with van der Waals surface area (Å²) >= 11 is 8.79. The first kappa shape index (κ1) is 13.6. The maximum absolute atomic E-state index is 11.9. The van der Waals surface area contributed by atoms with E-state index < -0.39 is 19.2 Å². The molecule has 0 saturated heterocycles. The summed E-state index contributed by atoms with van der Waals surface area (Å²) in [6, 6.07) is 1.66. The summed E-state index contributed by atoms with van der Waals surface area (Å²) in [5.74, 6) is 0.274. The third kappa shape index (κ3) is 4.57. The molecular weight excluding hydrogens is 310 g/mol. The van der Waals surface area contributed by atoms with Crippen molar-refractivity contribution < 1.29 is 17.9 Å². The van der Waals surface area contributed by atoms with Crippen LogP contribution in [0.25, 0.3) is 0 Å². The first-order valence-corrected chi connectivity index (χ1v) is 5.65. The highest BCUT2D eigenvalue weighted by Gasteiger charge is 2.27. The van der Waals surface area contributed by atoms with Crippen molar-refractivity contribution in [2.75, 3.05) is 6.61 Å². The van der Waals surface area contributed by atoms with Gasteiger partial charge in [-0.3, -0.25) is 0 Å². The van der Waals surface area contributed by atoms with Crippen LogP contribution in [0.1, 0.15) is 12.0 Å². The van der Waals surface area contributed by atoms with Crippen molar-refractivity contribution in [3.63, 3.8) is 0 Å². The molecule has 0 spiro atoms. The Morgan fingerprint density at radius 1 is 1.44 bits per heavy atom. The molecule has 1 aromatic rings. The van der Waals surface area contributed by atoms with E-state index in [1.807, 2.05) is 0 Å². The molecule has 0 aromatic carbocycles. The Labute approximate surface area is 104 Å². The van der Waals surface area contributed by atoms with Crippen LogP contribution in [-0.2, 0) is 5.88 Å². The minimum Gasteiger partial charge on any atom is -0.477 e. The van der Waals surface area contributed by atoms with Crippen molar-refractivity contribution >= 4 is 27.5 Å². The van der Waals surface area contributed by atoms with Gasteiger partial charge in [-0.05, 0) is 22.0 Å². The number of hydrogen-bond acceptors (Lipinski definition) is 2. The van der Waals surface area contributed by atoms with E-state index >= 15 is 0 Å². The molecule has 0 radical (unpaired) electrons. The van der Waals surface area contributed by atoms with Gasteiger partial charge in [-0.15, -0.1) is 11.6 Å². The van der Waals surface area contributed by atoms with Crippen LogP contribution in [0, 0.1) is 0 Å². The standard InChI is InChI=1S/C9H8BrClF3NO/c10-7-3-6(4-11)8(15-5-7)16-2-1-9(12,13)14/h3,5H,1-2,4H2. The number of alkyl halides is 4. The third-order valence-corrected chi connectivity index (χ3v) is 2.38. The zero-order chi connectivity index (χ0) is 12.2. The lowest BCUT2D eigenvalue weighted by Gasteiger charge is -2.10. The molecule has 1 heterocycles. The number of pyridine rings is 1. The van der Waals surface area contributed by atoms with Gasteiger partial charge in [-0.1, -0.05) is 0 Å². The summed E-state index contributed by atoms with van der Waals surface area (Å²) in [4.78, 5) is 3.85. The van der Waals surface area contributed by atoms with Gasteiger partial charge in [0.2, 0.25) is 5.88 Å². The zero-order valence-corrected chi connectivity index (χ0v) is 10.4. The zero-order valence-electron chi connectivity index (χ0n) is 8.02. The minimum atomic E-state index is -4.23. The van der Waals surface area contributed by atoms with Gasteiger partial charge in [0.25, 0.3) is 0 Å². The molecular formula is C9H8BrClF3NO. The van der Waals surface area contributed by atoms with E-state index in [2.05, 4.69) is 20.9 Å². The lowest BCUT2D eigenvalue weighted by Crippen LogP contribution is -2.13. The van der Waals surface area contributed by atoms with Gasteiger partial charge in [-0.2, -0.15) is 13.2 Å². The van der Waals surface area contributed by atoms with Crippen molar-refractivity contribution in [1.29, 1.82) is 0 Å². The molecule has 0 unspecified atom stereocenters. The molecule has 7 heteroatoms. The van der Waals surface area contributed by atoms with Gasteiger partial charge < -0.3 is 4.74 Å². The number of aromatic nitrogens is 1. The van der Waals surface area contributed by atoms with Crippen LogP contribution in [0.4, 0.5) is 13.2 Å². The fourth-order valence-corrected chi connectivity index (χ4v) is 1.53. The first-order chi connectivity index (χ1) is 7.42. The predicted octanol–water partition coefficient (Wildman–Crippen LogP) is 3.91. The van der Waals surface area contributed by atoms with Crippen molar-refractivity contribution in [3.8, 4) is 5.88 Å². The Kier molecular flexibility index (Phi) is 4.86. The number of nitrogens with zero attached hydrogens (tertiary/aromatic N) is 1. The fourth-order valence-electron chi connectivity index (χ4n) is 0.958. The fraction of sp³-hybridized carbons (Fsp3) is 0.444. The van der Waals surface area contributed by atoms with E-state index in [1.54, 1.807) is 6.07 Å². The molecule has 0 N–H and O–H groups in total. The predicted molar refractivity (Wildman–Crippen MR) is 57.7 cm³/mol. The van der Waals surface area contributed by atoms with Crippen molar-refractivity contribution in [1.82, 2.24) is 4.98 Å². The van der Waals surface area contributed by atoms with Crippen molar-refractivity contribution in [2.45, 2.75) is 18.5 Å². The molecule has 16 heavy (non-hydrogen) atoms. The normalized spacial score (nSPS) is 11.6. The average molecular weight is 319 g/mol. The maximum atomic E-state index is 11.9. The third-order valence-electron chi connectivity index (χ3n) is 1.66. The number of hydrogen-bond donors (Lipinski definition) is 0. The summed E-state index contributed by atoms with van der Waals surface area (Å²) in [7, 11) is 0. The quantitative estimate of drug-likeness (QED) is 0.785. The monoisotopic (exact) mass is 317 g/mol. The summed E-state index contributed by atoms with van der Waals surface area (Å²) in [6.45, 7) is -0.456. The van der Waals surface area contributed by atoms with Crippen LogP contribution in [-0.4, -0.2) is 17.8 Å². The molecule has 0 aliphatic heterocycles. The van der Waals surface area contributed by atoms with Gasteiger partial charge in [0.05, 0.1) is 18.9 Å². The SMILES string of the molecule is FC(F)(F)CCOc1ncc(Br)cc1CCl. The molecule has 90 valence electrons. The highest BCUT2D eigenvalue weighted by Crippen LogP contribution is 2.24. The second kappa shape index (κ2) is 5.72. The largest absolute Gasteiger partial charge is 0.477 e. The molecule has 0 aliphatic carbocycles. The molecule has 0 aliphatic rings. The molecule has 0 saturated carbocycles. The Balaban J connectivity index is 2.60. The first-order valence-electron chi connectivity index (χ1n) is 4.32. The van der Waals surface area contributed by atoms with Gasteiger partial charge >= 0.3 is 6.18 Å². The molecule has 0 fully saturated rings. The Morgan fingerprint density at radius 2 is 2.12 bits per heavy atom. The maximum Gasteiger partial charge on any atom is 0.392 e. The Morgan fingerprint density at radius 3 is 2.69 bits per heavy atom. The highest BCUT2D eigenvalue weighted by molar-refractivity contribution is 9.10. The molecule has 0 atom stereocenters. The van der Waals surface area contributed by atoms with E-state index in [0.29, 0.717) is 10.0 Å². The van der Waals surface area contributed by atoms with Gasteiger partial charge in [-0.25, -0.2) is 4.98 Å². The second-order valence-corrected chi connectivity index (χ2v) is 4.15. The van der Waals surface area contributed by atoms with Crippen LogP contribution in [0.15, 0.2) is 16.7 Å². The van der Waals surface area contributed by atoms with Crippen molar-refractivity contribution in [2.24, 2.45) is 0 Å². The van der Waals surface area contributed by atoms with Gasteiger partial charge in [0, 0.05) is 16.2 Å². The van der Waals surface area contributed by atoms with Crippen LogP contribution in [0.3, 0.4) is 0 Å². The summed E-state index contributed by atoms with van der Waals surface area (Å²) in [6.07, 6.45) is -3.79. The smallest absolute Gasteiger partial charge is 0.392 e. The van der Waals surface area contributed by atoms with E-state index in [-0.39, 0.29) is 11.8 Å². The molecule has 1 rings (SSSR count). The van der Waals surface area contributed by atoms with Crippen molar-refractivity contribution in [3.05, 3.63) is 22.3 Å². The highest BCUT2D eigenvalue weighted by atomic mass is 79.9. The van der Waals surface area contributed by atoms with E-state index in [4.69, 9.17) is 16.3 Å². The number of halogens is 5. The average Bonchev–Trinajstić information content (AvgIpc) is 2.18. The van der Waals surface area contributed by atoms with Crippen LogP contribution in [0.5, 0.6) is 5.88 Å². The summed E-state index contributed by atoms with van der Waals surface area (Å²) in [5.41, 5.74) is 0.554. The molecule has 1 aromatic heterocycles. The Hall–Kier alpha value is -0.490. The number of ether oxygens (including phenoxy) is 1. The topological polar surface area (TPSA) is 22.1 Å². The van der Waals surface area contributed by atoms with Crippen LogP contribution >= 0.6 is 27.5 Å². The van der Waals surface area contributed by atoms with Crippen LogP contribution in [0.2, 0.25) is 0 Å². The lowest BCUT2D eigenvalue weighted by molar-refractivity contribution is -0.139. The van der Waals surface area contributed by atoms with E-state index in [1.165, 1.54) is 6.20 Å². The van der Waals surface area contributed by atoms with E-state index in [9.17, 15) is 13.2 Å². The second-order valence-electron chi connectivity index (χ2n) is 2.97. The Bertz CT molecular complexity index is 359. The molecule has 0 amide bonds. The van der Waals surface area contributed by atoms with Crippen LogP contribution < -0.4 is 4.74 Å². The minimum absolute atomic E-state index is 0.133. The van der Waals surface area contributed by atoms with E-state index in [0.717, 1.165) is 0 Å². The van der Waals surface area contributed by atoms with Gasteiger partial charge in [0.1, 0.15) is 0 Å².